The Morgan fingerprint density at radius 3 is 2.35 bits per heavy atom. The van der Waals surface area contributed by atoms with Crippen molar-refractivity contribution in [2.45, 2.75) is 45.3 Å². The normalized spacial score (nSPS) is 14.2. The van der Waals surface area contributed by atoms with Gasteiger partial charge >= 0.3 is 0 Å². The van der Waals surface area contributed by atoms with Crippen LogP contribution in [0.3, 0.4) is 0 Å². The highest BCUT2D eigenvalue weighted by Crippen LogP contribution is 2.09. The molecule has 0 heterocycles. The third-order valence-electron chi connectivity index (χ3n) is 2.95. The number of hydrogen-bond donors (Lipinski definition) is 2. The molecule has 0 aliphatic rings. The largest absolute Gasteiger partial charge is 0.396 e. The summed E-state index contributed by atoms with van der Waals surface area (Å²) in [7, 11) is -2.93. The molecule has 0 radical (unpaired) electrons. The molecule has 0 aliphatic heterocycles. The van der Waals surface area contributed by atoms with Crippen molar-refractivity contribution < 1.29 is 13.5 Å². The second-order valence-corrected chi connectivity index (χ2v) is 7.46. The molecule has 5 heteroatoms. The van der Waals surface area contributed by atoms with Crippen molar-refractivity contribution in [2.75, 3.05) is 25.4 Å². The molecule has 0 amide bonds. The van der Waals surface area contributed by atoms with E-state index < -0.39 is 9.84 Å². The number of rotatable bonds is 10. The van der Waals surface area contributed by atoms with Gasteiger partial charge in [-0.05, 0) is 39.2 Å². The molecule has 0 aromatic rings. The molecule has 0 aromatic carbocycles. The topological polar surface area (TPSA) is 66.4 Å². The van der Waals surface area contributed by atoms with Gasteiger partial charge in [0.2, 0.25) is 0 Å². The van der Waals surface area contributed by atoms with Crippen LogP contribution in [-0.4, -0.2) is 44.2 Å². The Morgan fingerprint density at radius 1 is 1.24 bits per heavy atom. The van der Waals surface area contributed by atoms with Crippen molar-refractivity contribution in [1.29, 1.82) is 0 Å². The van der Waals surface area contributed by atoms with Crippen molar-refractivity contribution in [3.05, 3.63) is 0 Å². The lowest BCUT2D eigenvalue weighted by atomic mass is 10.0. The van der Waals surface area contributed by atoms with E-state index in [1.54, 1.807) is 13.8 Å². The Kier molecular flexibility index (Phi) is 8.82. The summed E-state index contributed by atoms with van der Waals surface area (Å²) in [5, 5.41) is 11.8. The van der Waals surface area contributed by atoms with Crippen LogP contribution in [0.25, 0.3) is 0 Å². The van der Waals surface area contributed by atoms with Crippen LogP contribution in [-0.2, 0) is 9.84 Å². The van der Waals surface area contributed by atoms with Crippen LogP contribution >= 0.6 is 0 Å². The third-order valence-corrected chi connectivity index (χ3v) is 5.16. The van der Waals surface area contributed by atoms with Gasteiger partial charge in [0.1, 0.15) is 0 Å². The predicted octanol–water partition coefficient (Wildman–Crippen LogP) is 1.20. The highest BCUT2D eigenvalue weighted by atomic mass is 32.2. The average Bonchev–Trinajstić information content (AvgIpc) is 2.24. The lowest BCUT2D eigenvalue weighted by Gasteiger charge is -2.16. The maximum Gasteiger partial charge on any atom is 0.153 e. The average molecular weight is 265 g/mol. The first-order valence-corrected chi connectivity index (χ1v) is 8.18. The minimum Gasteiger partial charge on any atom is -0.396 e. The van der Waals surface area contributed by atoms with Gasteiger partial charge in [-0.3, -0.25) is 0 Å². The van der Waals surface area contributed by atoms with Gasteiger partial charge in [0.25, 0.3) is 0 Å². The van der Waals surface area contributed by atoms with Crippen LogP contribution in [0, 0.1) is 5.92 Å². The minimum absolute atomic E-state index is 0.197. The molecule has 1 atom stereocenters. The number of hydrogen-bond acceptors (Lipinski definition) is 4. The number of aliphatic hydroxyl groups excluding tert-OH is 1. The van der Waals surface area contributed by atoms with Gasteiger partial charge in [0, 0.05) is 13.2 Å². The van der Waals surface area contributed by atoms with Gasteiger partial charge in [-0.15, -0.1) is 0 Å². The third kappa shape index (κ3) is 7.73. The smallest absolute Gasteiger partial charge is 0.153 e. The zero-order valence-corrected chi connectivity index (χ0v) is 12.1. The first-order valence-electron chi connectivity index (χ1n) is 6.47. The fourth-order valence-electron chi connectivity index (χ4n) is 1.70. The number of aliphatic hydroxyl groups is 1. The van der Waals surface area contributed by atoms with E-state index in [2.05, 4.69) is 12.2 Å². The molecule has 0 aliphatic carbocycles. The highest BCUT2D eigenvalue weighted by Gasteiger charge is 2.15. The van der Waals surface area contributed by atoms with Crippen LogP contribution < -0.4 is 5.32 Å². The fourth-order valence-corrected chi connectivity index (χ4v) is 2.60. The minimum atomic E-state index is -2.93. The lowest BCUT2D eigenvalue weighted by molar-refractivity contribution is 0.248. The molecule has 0 saturated carbocycles. The Bertz CT molecular complexity index is 269. The zero-order valence-electron chi connectivity index (χ0n) is 11.3. The van der Waals surface area contributed by atoms with Crippen molar-refractivity contribution >= 4 is 9.84 Å². The monoisotopic (exact) mass is 265 g/mol. The summed E-state index contributed by atoms with van der Waals surface area (Å²) in [5.41, 5.74) is 0. The number of sulfone groups is 1. The molecular formula is C12H27NO3S. The van der Waals surface area contributed by atoms with Crippen LogP contribution in [0.15, 0.2) is 0 Å². The molecule has 0 fully saturated rings. The van der Waals surface area contributed by atoms with Gasteiger partial charge in [0.15, 0.2) is 9.84 Å². The van der Waals surface area contributed by atoms with E-state index in [9.17, 15) is 8.42 Å². The van der Waals surface area contributed by atoms with Crippen molar-refractivity contribution in [1.82, 2.24) is 5.32 Å². The Balaban J connectivity index is 3.82. The van der Waals surface area contributed by atoms with E-state index in [4.69, 9.17) is 5.11 Å². The van der Waals surface area contributed by atoms with Gasteiger partial charge in [0.05, 0.1) is 11.0 Å². The standard InChI is InChI=1S/C12H27NO3S/c1-4-5-12(6-8-14)10-13-7-9-17(15,16)11(2)3/h11-14H,4-10H2,1-3H3. The first-order chi connectivity index (χ1) is 7.94. The van der Waals surface area contributed by atoms with Gasteiger partial charge in [-0.25, -0.2) is 8.42 Å². The molecule has 0 bridgehead atoms. The molecule has 17 heavy (non-hydrogen) atoms. The van der Waals surface area contributed by atoms with Crippen LogP contribution in [0.5, 0.6) is 0 Å². The summed E-state index contributed by atoms with van der Waals surface area (Å²) in [6.45, 7) is 7.04. The van der Waals surface area contributed by atoms with Crippen molar-refractivity contribution in [3.8, 4) is 0 Å². The second-order valence-electron chi connectivity index (χ2n) is 4.79. The summed E-state index contributed by atoms with van der Waals surface area (Å²) in [6, 6.07) is 0. The molecule has 1 unspecified atom stereocenters. The van der Waals surface area contributed by atoms with E-state index in [1.807, 2.05) is 0 Å². The SMILES string of the molecule is CCCC(CCO)CNCCS(=O)(=O)C(C)C. The summed E-state index contributed by atoms with van der Waals surface area (Å²) in [5.74, 6) is 0.648. The van der Waals surface area contributed by atoms with E-state index in [1.165, 1.54) is 0 Å². The van der Waals surface area contributed by atoms with Crippen LogP contribution in [0.4, 0.5) is 0 Å². The van der Waals surface area contributed by atoms with Gasteiger partial charge < -0.3 is 10.4 Å². The fraction of sp³-hybridized carbons (Fsp3) is 1.00. The van der Waals surface area contributed by atoms with Crippen LogP contribution in [0.2, 0.25) is 0 Å². The molecule has 4 nitrogen and oxygen atoms in total. The van der Waals surface area contributed by atoms with Gasteiger partial charge in [-0.2, -0.15) is 0 Å². The summed E-state index contributed by atoms with van der Waals surface area (Å²) < 4.78 is 23.1. The maximum absolute atomic E-state index is 11.5. The maximum atomic E-state index is 11.5. The summed E-state index contributed by atoms with van der Waals surface area (Å²) in [6.07, 6.45) is 2.96. The number of nitrogens with one attached hydrogen (secondary N) is 1. The van der Waals surface area contributed by atoms with Crippen molar-refractivity contribution in [3.63, 3.8) is 0 Å². The molecule has 2 N–H and O–H groups in total. The molecule has 0 spiro atoms. The van der Waals surface area contributed by atoms with Crippen LogP contribution in [0.1, 0.15) is 40.0 Å². The lowest BCUT2D eigenvalue weighted by Crippen LogP contribution is -2.30. The Hall–Kier alpha value is -0.130. The summed E-state index contributed by atoms with van der Waals surface area (Å²) in [4.78, 5) is 0. The van der Waals surface area contributed by atoms with E-state index in [-0.39, 0.29) is 17.6 Å². The van der Waals surface area contributed by atoms with E-state index in [0.717, 1.165) is 25.8 Å². The zero-order chi connectivity index (χ0) is 13.3. The van der Waals surface area contributed by atoms with Crippen molar-refractivity contribution in [2.24, 2.45) is 5.92 Å². The Morgan fingerprint density at radius 2 is 1.88 bits per heavy atom. The second kappa shape index (κ2) is 8.89. The molecule has 104 valence electrons. The molecule has 0 aromatic heterocycles. The van der Waals surface area contributed by atoms with Gasteiger partial charge in [-0.1, -0.05) is 13.3 Å². The predicted molar refractivity (Wildman–Crippen MR) is 71.9 cm³/mol. The Labute approximate surface area is 106 Å². The van der Waals surface area contributed by atoms with E-state index >= 15 is 0 Å². The molecular weight excluding hydrogens is 238 g/mol. The molecule has 0 saturated heterocycles. The van der Waals surface area contributed by atoms with E-state index in [0.29, 0.717) is 12.5 Å². The highest BCUT2D eigenvalue weighted by molar-refractivity contribution is 7.92. The molecule has 0 rings (SSSR count). The summed E-state index contributed by atoms with van der Waals surface area (Å²) >= 11 is 0. The quantitative estimate of drug-likeness (QED) is 0.582. The first kappa shape index (κ1) is 16.9.